The molecule has 10 heteroatoms. The van der Waals surface area contributed by atoms with Crippen molar-refractivity contribution in [2.24, 2.45) is 11.8 Å². The van der Waals surface area contributed by atoms with E-state index in [2.05, 4.69) is 43.2 Å². The highest BCUT2D eigenvalue weighted by Gasteiger charge is 2.65. The van der Waals surface area contributed by atoms with Crippen molar-refractivity contribution in [3.05, 3.63) is 101 Å². The molecule has 7 rings (SSSR count). The van der Waals surface area contributed by atoms with Crippen LogP contribution in [0.3, 0.4) is 0 Å². The fourth-order valence-corrected chi connectivity index (χ4v) is 8.22. The lowest BCUT2D eigenvalue weighted by Gasteiger charge is -2.38. The van der Waals surface area contributed by atoms with Crippen molar-refractivity contribution in [2.45, 2.75) is 70.2 Å². The smallest absolute Gasteiger partial charge is 0.264 e. The van der Waals surface area contributed by atoms with Crippen molar-refractivity contribution in [3.8, 4) is 5.75 Å². The number of aromatic nitrogens is 3. The maximum Gasteiger partial charge on any atom is 0.264 e. The zero-order chi connectivity index (χ0) is 33.6. The number of aryl methyl sites for hydroxylation is 1. The van der Waals surface area contributed by atoms with Crippen molar-refractivity contribution >= 4 is 23.2 Å². The number of hydrogen-bond acceptors (Lipinski definition) is 7. The monoisotopic (exact) mass is 649 g/mol. The highest BCUT2D eigenvalue weighted by molar-refractivity contribution is 6.07. The minimum atomic E-state index is -1.18. The highest BCUT2D eigenvalue weighted by Crippen LogP contribution is 2.60. The normalized spacial score (nSPS) is 23.6. The molecule has 1 aromatic heterocycles. The summed E-state index contributed by atoms with van der Waals surface area (Å²) >= 11 is 0. The van der Waals surface area contributed by atoms with Crippen LogP contribution in [-0.2, 0) is 44.9 Å². The lowest BCUT2D eigenvalue weighted by atomic mass is 9.63. The topological polar surface area (TPSA) is 110 Å². The molecule has 0 aliphatic carbocycles. The first-order chi connectivity index (χ1) is 23.2. The molecule has 2 amide bonds. The van der Waals surface area contributed by atoms with Crippen molar-refractivity contribution in [1.82, 2.24) is 15.0 Å². The first kappa shape index (κ1) is 32.0. The van der Waals surface area contributed by atoms with Crippen LogP contribution < -0.4 is 14.5 Å². The number of aliphatic hydroxyl groups is 1. The number of fused-ring (bicyclic) bond motifs is 2. The van der Waals surface area contributed by atoms with Crippen LogP contribution >= 0.6 is 0 Å². The predicted octanol–water partition coefficient (Wildman–Crippen LogP) is 5.02. The Morgan fingerprint density at radius 3 is 2.56 bits per heavy atom. The number of aliphatic hydroxyl groups excluding tert-OH is 1. The summed E-state index contributed by atoms with van der Waals surface area (Å²) in [4.78, 5) is 30.8. The Labute approximate surface area is 281 Å². The largest absolute Gasteiger partial charge is 0.497 e. The van der Waals surface area contributed by atoms with E-state index in [9.17, 15) is 14.7 Å². The second-order valence-electron chi connectivity index (χ2n) is 13.8. The van der Waals surface area contributed by atoms with Crippen molar-refractivity contribution in [3.63, 3.8) is 0 Å². The molecule has 0 unspecified atom stereocenters. The minimum Gasteiger partial charge on any atom is -0.497 e. The number of β-lactam (4-membered cyclic amide) rings is 1. The quantitative estimate of drug-likeness (QED) is 0.227. The maximum atomic E-state index is 15.0. The van der Waals surface area contributed by atoms with Crippen LogP contribution in [0.1, 0.15) is 56.0 Å². The van der Waals surface area contributed by atoms with Crippen molar-refractivity contribution in [2.75, 3.05) is 30.1 Å². The van der Waals surface area contributed by atoms with E-state index in [1.165, 1.54) is 0 Å². The molecule has 3 aromatic carbocycles. The number of carbonyl (C=O) groups excluding carboxylic acids is 2. The van der Waals surface area contributed by atoms with Crippen LogP contribution in [0.25, 0.3) is 0 Å². The Hall–Kier alpha value is -4.54. The predicted molar refractivity (Wildman–Crippen MR) is 182 cm³/mol. The zero-order valence-electron chi connectivity index (χ0n) is 28.0. The lowest BCUT2D eigenvalue weighted by molar-refractivity contribution is -0.146. The van der Waals surface area contributed by atoms with E-state index in [0.717, 1.165) is 39.5 Å². The van der Waals surface area contributed by atoms with Gasteiger partial charge in [-0.3, -0.25) is 14.3 Å². The van der Waals surface area contributed by atoms with Gasteiger partial charge in [0.1, 0.15) is 5.75 Å². The number of anilines is 2. The molecule has 4 atom stereocenters. The Bertz CT molecular complexity index is 1820. The average Bonchev–Trinajstić information content (AvgIpc) is 3.73. The Morgan fingerprint density at radius 1 is 1.06 bits per heavy atom. The summed E-state index contributed by atoms with van der Waals surface area (Å²) in [5, 5.41) is 17.9. The summed E-state index contributed by atoms with van der Waals surface area (Å²) in [7, 11) is 1.67. The van der Waals surface area contributed by atoms with Crippen molar-refractivity contribution < 1.29 is 24.2 Å². The maximum absolute atomic E-state index is 15.0. The van der Waals surface area contributed by atoms with E-state index in [4.69, 9.17) is 9.47 Å². The molecule has 2 saturated heterocycles. The lowest BCUT2D eigenvalue weighted by Crippen LogP contribution is -2.46. The van der Waals surface area contributed by atoms with Gasteiger partial charge in [0.25, 0.3) is 5.91 Å². The van der Waals surface area contributed by atoms with E-state index in [0.29, 0.717) is 38.9 Å². The van der Waals surface area contributed by atoms with Crippen molar-refractivity contribution in [1.29, 1.82) is 0 Å². The number of hydrogen-bond donors (Lipinski definition) is 1. The fourth-order valence-electron chi connectivity index (χ4n) is 8.22. The zero-order valence-corrected chi connectivity index (χ0v) is 28.0. The summed E-state index contributed by atoms with van der Waals surface area (Å²) in [6.45, 7) is 8.31. The van der Waals surface area contributed by atoms with Gasteiger partial charge in [-0.05, 0) is 53.3 Å². The number of rotatable bonds is 11. The summed E-state index contributed by atoms with van der Waals surface area (Å²) in [5.41, 5.74) is 3.89. The number of para-hydroxylation sites is 1. The first-order valence-electron chi connectivity index (χ1n) is 16.8. The molecule has 0 radical (unpaired) electrons. The number of amides is 2. The SMILES string of the molecule is COc1ccc(C(C)(C)[C@@H]2[C@@H](CCn3cc(CCO)nn3)O[C@]3(C(=O)N(Cc4cccc(N5CCC5=O)c4)c4ccccc43)[C@H]2C)cc1. The molecule has 3 aliphatic rings. The molecular formula is C38H43N5O5. The Kier molecular flexibility index (Phi) is 8.33. The molecule has 250 valence electrons. The summed E-state index contributed by atoms with van der Waals surface area (Å²) in [6, 6.07) is 24.1. The van der Waals surface area contributed by atoms with Crippen LogP contribution in [0, 0.1) is 11.8 Å². The van der Waals surface area contributed by atoms with E-state index in [1.54, 1.807) is 16.7 Å². The number of benzene rings is 3. The van der Waals surface area contributed by atoms with E-state index in [-0.39, 0.29) is 41.8 Å². The molecule has 48 heavy (non-hydrogen) atoms. The molecule has 10 nitrogen and oxygen atoms in total. The number of ether oxygens (including phenoxy) is 2. The van der Waals surface area contributed by atoms with Gasteiger partial charge in [-0.2, -0.15) is 0 Å². The fraction of sp³-hybridized carbons (Fsp3) is 0.421. The van der Waals surface area contributed by atoms with E-state index < -0.39 is 5.60 Å². The van der Waals surface area contributed by atoms with Crippen LogP contribution in [0.4, 0.5) is 11.4 Å². The Balaban J connectivity index is 1.25. The molecule has 1 spiro atoms. The summed E-state index contributed by atoms with van der Waals surface area (Å²) < 4.78 is 14.5. The number of methoxy groups -OCH3 is 1. The molecule has 0 bridgehead atoms. The van der Waals surface area contributed by atoms with Crippen LogP contribution in [-0.4, -0.2) is 58.3 Å². The molecule has 1 N–H and O–H groups in total. The molecular weight excluding hydrogens is 606 g/mol. The molecule has 3 aliphatic heterocycles. The summed E-state index contributed by atoms with van der Waals surface area (Å²) in [5.74, 6) is 0.633. The third kappa shape index (κ3) is 5.27. The highest BCUT2D eigenvalue weighted by atomic mass is 16.5. The minimum absolute atomic E-state index is 0.0152. The summed E-state index contributed by atoms with van der Waals surface area (Å²) in [6.07, 6.45) is 3.23. The van der Waals surface area contributed by atoms with Crippen LogP contribution in [0.5, 0.6) is 5.75 Å². The third-order valence-corrected chi connectivity index (χ3v) is 10.8. The molecule has 4 aromatic rings. The third-order valence-electron chi connectivity index (χ3n) is 10.8. The second kappa shape index (κ2) is 12.5. The van der Waals surface area contributed by atoms with Crippen LogP contribution in [0.15, 0.2) is 79.0 Å². The van der Waals surface area contributed by atoms with Gasteiger partial charge in [-0.1, -0.05) is 68.4 Å². The van der Waals surface area contributed by atoms with E-state index in [1.807, 2.05) is 71.8 Å². The van der Waals surface area contributed by atoms with E-state index >= 15 is 0 Å². The number of nitrogens with zero attached hydrogens (tertiary/aromatic N) is 5. The average molecular weight is 650 g/mol. The second-order valence-corrected chi connectivity index (χ2v) is 13.8. The first-order valence-corrected chi connectivity index (χ1v) is 16.8. The van der Waals surface area contributed by atoms with Gasteiger partial charge in [0.15, 0.2) is 5.60 Å². The standard InChI is InChI=1S/C38H43N5O5/c1-25-35(37(2,3)27-12-14-30(47-4)15-13-27)33(16-19-41-24-28(18-21-44)39-40-41)48-38(25)31-10-5-6-11-32(31)43(36(38)46)23-26-8-7-9-29(22-26)42-20-17-34(42)45/h5-15,22,24-25,33,35,44H,16-21,23H2,1-4H3/t25-,33+,35-,38+/m0/s1. The van der Waals surface area contributed by atoms with Gasteiger partial charge in [0.2, 0.25) is 5.91 Å². The molecule has 4 heterocycles. The number of carbonyl (C=O) groups is 2. The van der Waals surface area contributed by atoms with Gasteiger partial charge in [0.05, 0.1) is 31.1 Å². The van der Waals surface area contributed by atoms with Gasteiger partial charge in [-0.25, -0.2) is 0 Å². The van der Waals surface area contributed by atoms with Gasteiger partial charge < -0.3 is 24.4 Å². The molecule has 0 saturated carbocycles. The van der Waals surface area contributed by atoms with Gasteiger partial charge in [-0.15, -0.1) is 5.10 Å². The Morgan fingerprint density at radius 2 is 1.85 bits per heavy atom. The molecule has 2 fully saturated rings. The van der Waals surface area contributed by atoms with Crippen LogP contribution in [0.2, 0.25) is 0 Å². The van der Waals surface area contributed by atoms with Gasteiger partial charge in [0, 0.05) is 61.8 Å². The van der Waals surface area contributed by atoms with Gasteiger partial charge >= 0.3 is 0 Å².